The van der Waals surface area contributed by atoms with Gasteiger partial charge in [-0.05, 0) is 0 Å². The molecule has 0 saturated carbocycles. The number of esters is 2. The number of ether oxygens (including phenoxy) is 1. The van der Waals surface area contributed by atoms with E-state index < -0.39 is 11.9 Å². The van der Waals surface area contributed by atoms with Crippen molar-refractivity contribution in [2.75, 3.05) is 0 Å². The minimum absolute atomic E-state index is 0.0645. The predicted molar refractivity (Wildman–Crippen MR) is 90.1 cm³/mol. The van der Waals surface area contributed by atoms with Crippen LogP contribution in [0.15, 0.2) is 42.4 Å². The van der Waals surface area contributed by atoms with E-state index in [0.717, 1.165) is 11.1 Å². The minimum atomic E-state index is -0.449. The van der Waals surface area contributed by atoms with Crippen LogP contribution in [0.3, 0.4) is 0 Å². The number of hydrogen-bond acceptors (Lipinski definition) is 3. The van der Waals surface area contributed by atoms with Crippen LogP contribution < -0.4 is 0 Å². The Kier molecular flexibility index (Phi) is 3.00. The van der Waals surface area contributed by atoms with Gasteiger partial charge in [-0.2, -0.15) is 0 Å². The Bertz CT molecular complexity index is 785. The van der Waals surface area contributed by atoms with Gasteiger partial charge in [0.15, 0.2) is 0 Å². The Morgan fingerprint density at radius 1 is 0.739 bits per heavy atom. The second-order valence-electron chi connectivity index (χ2n) is 6.81. The summed E-state index contributed by atoms with van der Waals surface area (Å²) in [5, 5.41) is 0. The molecule has 1 fully saturated rings. The van der Waals surface area contributed by atoms with Crippen molar-refractivity contribution >= 4 is 41.9 Å². The number of cyclic esters (lactones) is 2. The Labute approximate surface area is 148 Å². The molecule has 2 atom stereocenters. The van der Waals surface area contributed by atoms with Gasteiger partial charge in [-0.3, -0.25) is 0 Å². The third-order valence-electron chi connectivity index (χ3n) is 5.73. The molecule has 1 saturated heterocycles. The topological polar surface area (TPSA) is 43.4 Å². The van der Waals surface area contributed by atoms with Gasteiger partial charge in [-0.1, -0.05) is 0 Å². The van der Waals surface area contributed by atoms with Crippen LogP contribution in [0, 0.1) is 0 Å². The average Bonchev–Trinajstić information content (AvgIpc) is 2.95. The van der Waals surface area contributed by atoms with Gasteiger partial charge in [0.25, 0.3) is 0 Å². The molecular formula is C18H18O3Se2. The second-order valence-corrected chi connectivity index (χ2v) is 13.7. The van der Waals surface area contributed by atoms with E-state index >= 15 is 0 Å². The van der Waals surface area contributed by atoms with Crippen molar-refractivity contribution in [3.8, 4) is 0 Å². The monoisotopic (exact) mass is 442 g/mol. The van der Waals surface area contributed by atoms with Crippen LogP contribution in [0.4, 0.5) is 0 Å². The summed E-state index contributed by atoms with van der Waals surface area (Å²) >= 11 is 0.563. The van der Waals surface area contributed by atoms with Crippen LogP contribution in [0.5, 0.6) is 0 Å². The third kappa shape index (κ3) is 1.57. The second kappa shape index (κ2) is 4.40. The molecule has 0 aromatic carbocycles. The molecule has 0 aromatic rings. The fourth-order valence-corrected chi connectivity index (χ4v) is 11.6. The van der Waals surface area contributed by atoms with E-state index in [1.165, 1.54) is 20.1 Å². The SMILES string of the molecule is CC1=C(C)C2=C3C(=O)OC(=O)C3=C3C(C)=C(C)[Se]C3(C)C2(C)[Se]1. The molecule has 4 rings (SSSR count). The molecule has 5 heteroatoms. The summed E-state index contributed by atoms with van der Waals surface area (Å²) in [6, 6.07) is 0. The molecule has 120 valence electrons. The first-order valence-corrected chi connectivity index (χ1v) is 11.1. The summed E-state index contributed by atoms with van der Waals surface area (Å²) in [7, 11) is 0. The van der Waals surface area contributed by atoms with E-state index in [9.17, 15) is 9.59 Å². The van der Waals surface area contributed by atoms with Gasteiger partial charge in [-0.25, -0.2) is 0 Å². The van der Waals surface area contributed by atoms with E-state index in [1.807, 2.05) is 0 Å². The van der Waals surface area contributed by atoms with Crippen molar-refractivity contribution in [2.45, 2.75) is 50.2 Å². The van der Waals surface area contributed by atoms with Gasteiger partial charge in [-0.15, -0.1) is 0 Å². The summed E-state index contributed by atoms with van der Waals surface area (Å²) in [4.78, 5) is 25.0. The van der Waals surface area contributed by atoms with Crippen molar-refractivity contribution in [1.82, 2.24) is 0 Å². The van der Waals surface area contributed by atoms with E-state index in [4.69, 9.17) is 4.74 Å². The molecule has 1 aliphatic carbocycles. The molecule has 0 N–H and O–H groups in total. The van der Waals surface area contributed by atoms with Crippen molar-refractivity contribution in [2.24, 2.45) is 0 Å². The summed E-state index contributed by atoms with van der Waals surface area (Å²) in [6.45, 7) is 13.1. The number of allylic oxidation sites excluding steroid dienone is 6. The van der Waals surface area contributed by atoms with Crippen molar-refractivity contribution < 1.29 is 14.3 Å². The van der Waals surface area contributed by atoms with E-state index in [-0.39, 0.29) is 38.5 Å². The van der Waals surface area contributed by atoms with Crippen LogP contribution in [0.2, 0.25) is 8.63 Å². The Balaban J connectivity index is 2.18. The van der Waals surface area contributed by atoms with Crippen molar-refractivity contribution in [1.29, 1.82) is 0 Å². The zero-order valence-electron chi connectivity index (χ0n) is 14.0. The van der Waals surface area contributed by atoms with Gasteiger partial charge in [0, 0.05) is 0 Å². The Morgan fingerprint density at radius 2 is 1.09 bits per heavy atom. The third-order valence-corrected chi connectivity index (χ3v) is 13.2. The maximum atomic E-state index is 12.5. The number of rotatable bonds is 0. The van der Waals surface area contributed by atoms with Gasteiger partial charge < -0.3 is 0 Å². The number of fused-ring (bicyclic) bond motifs is 4. The zero-order valence-corrected chi connectivity index (χ0v) is 17.5. The molecule has 0 radical (unpaired) electrons. The summed E-state index contributed by atoms with van der Waals surface area (Å²) in [5.41, 5.74) is 5.71. The molecule has 0 bridgehead atoms. The number of carbonyl (C=O) groups is 2. The van der Waals surface area contributed by atoms with Crippen molar-refractivity contribution in [3.63, 3.8) is 0 Å². The predicted octanol–water partition coefficient (Wildman–Crippen LogP) is 3.06. The van der Waals surface area contributed by atoms with Crippen LogP contribution in [0.1, 0.15) is 41.5 Å². The zero-order chi connectivity index (χ0) is 16.9. The first kappa shape index (κ1) is 15.7. The molecule has 2 unspecified atom stereocenters. The quantitative estimate of drug-likeness (QED) is 0.331. The maximum absolute atomic E-state index is 12.5. The molecule has 3 nitrogen and oxygen atoms in total. The molecule has 0 amide bonds. The molecule has 3 aliphatic heterocycles. The molecule has 23 heavy (non-hydrogen) atoms. The molecular weight excluding hydrogens is 422 g/mol. The summed E-state index contributed by atoms with van der Waals surface area (Å²) in [6.07, 6.45) is 0. The first-order valence-electron chi connectivity index (χ1n) is 7.63. The van der Waals surface area contributed by atoms with Gasteiger partial charge >= 0.3 is 149 Å². The van der Waals surface area contributed by atoms with Crippen LogP contribution in [-0.4, -0.2) is 41.9 Å². The first-order chi connectivity index (χ1) is 10.6. The van der Waals surface area contributed by atoms with Gasteiger partial charge in [0.1, 0.15) is 0 Å². The Morgan fingerprint density at radius 3 is 1.43 bits per heavy atom. The van der Waals surface area contributed by atoms with E-state index in [2.05, 4.69) is 41.5 Å². The Hall–Kier alpha value is -0.861. The molecule has 4 aliphatic rings. The molecule has 3 heterocycles. The summed E-state index contributed by atoms with van der Waals surface area (Å²) in [5.74, 6) is -0.897. The summed E-state index contributed by atoms with van der Waals surface area (Å²) < 4.78 is 7.70. The van der Waals surface area contributed by atoms with Gasteiger partial charge in [0.05, 0.1) is 0 Å². The van der Waals surface area contributed by atoms with E-state index in [0.29, 0.717) is 11.1 Å². The average molecular weight is 440 g/mol. The molecule has 0 spiro atoms. The van der Waals surface area contributed by atoms with Crippen LogP contribution >= 0.6 is 0 Å². The van der Waals surface area contributed by atoms with E-state index in [1.54, 1.807) is 0 Å². The van der Waals surface area contributed by atoms with Crippen LogP contribution in [0.25, 0.3) is 0 Å². The number of hydrogen-bond donors (Lipinski definition) is 0. The number of carbonyl (C=O) groups excluding carboxylic acids is 2. The van der Waals surface area contributed by atoms with Crippen LogP contribution in [-0.2, 0) is 14.3 Å². The fraction of sp³-hybridized carbons (Fsp3) is 0.444. The standard InChI is InChI=1S/C18H18O3Se2/c1-7-9(3)22-17(5)13(7)11-12(16(20)21-15(11)19)14-8(2)10(4)23-18(14,17)6/h1-6H3. The fourth-order valence-electron chi connectivity index (χ4n) is 4.30. The molecule has 0 aromatic heterocycles. The normalized spacial score (nSPS) is 36.1. The van der Waals surface area contributed by atoms with Crippen molar-refractivity contribution in [3.05, 3.63) is 42.4 Å². The van der Waals surface area contributed by atoms with Gasteiger partial charge in [0.2, 0.25) is 0 Å².